The first-order valence-corrected chi connectivity index (χ1v) is 5.35. The molecule has 3 nitrogen and oxygen atoms in total. The zero-order valence-electron chi connectivity index (χ0n) is 9.82. The predicted octanol–water partition coefficient (Wildman–Crippen LogP) is 3.55. The molecule has 18 heavy (non-hydrogen) atoms. The summed E-state index contributed by atoms with van der Waals surface area (Å²) in [5.41, 5.74) is -0.184. The number of rotatable bonds is 2. The van der Waals surface area contributed by atoms with Gasteiger partial charge in [0.25, 0.3) is 0 Å². The fourth-order valence-corrected chi connectivity index (χ4v) is 1.62. The molecule has 0 N–H and O–H groups in total. The smallest absolute Gasteiger partial charge is 0.339 e. The van der Waals surface area contributed by atoms with E-state index in [4.69, 9.17) is 4.52 Å². The van der Waals surface area contributed by atoms with Crippen LogP contribution in [-0.4, -0.2) is 10.1 Å². The highest BCUT2D eigenvalue weighted by molar-refractivity contribution is 5.30. The SMILES string of the molecule is Cc1noc(C(C)c2cccc(C(F)(F)F)c2)n1. The molecular formula is C12H11F3N2O. The Balaban J connectivity index is 2.34. The van der Waals surface area contributed by atoms with Crippen LogP contribution < -0.4 is 0 Å². The second kappa shape index (κ2) is 4.44. The molecule has 1 atom stereocenters. The van der Waals surface area contributed by atoms with Crippen molar-refractivity contribution in [1.29, 1.82) is 0 Å². The molecule has 1 heterocycles. The van der Waals surface area contributed by atoms with Crippen LogP contribution in [0.1, 0.15) is 35.7 Å². The maximum absolute atomic E-state index is 12.6. The van der Waals surface area contributed by atoms with E-state index in [-0.39, 0.29) is 5.92 Å². The second-order valence-electron chi connectivity index (χ2n) is 4.02. The summed E-state index contributed by atoms with van der Waals surface area (Å²) < 4.78 is 42.7. The normalized spacial score (nSPS) is 13.6. The molecule has 2 rings (SSSR count). The number of benzene rings is 1. The van der Waals surface area contributed by atoms with Crippen LogP contribution >= 0.6 is 0 Å². The van der Waals surface area contributed by atoms with Crippen LogP contribution in [0.25, 0.3) is 0 Å². The van der Waals surface area contributed by atoms with E-state index in [1.807, 2.05) is 0 Å². The van der Waals surface area contributed by atoms with E-state index < -0.39 is 11.7 Å². The molecule has 0 amide bonds. The summed E-state index contributed by atoms with van der Waals surface area (Å²) >= 11 is 0. The molecule has 0 radical (unpaired) electrons. The Morgan fingerprint density at radius 1 is 1.28 bits per heavy atom. The molecule has 0 spiro atoms. The van der Waals surface area contributed by atoms with Crippen LogP contribution in [0.15, 0.2) is 28.8 Å². The molecule has 2 aromatic rings. The molecule has 0 bridgehead atoms. The topological polar surface area (TPSA) is 38.9 Å². The van der Waals surface area contributed by atoms with Gasteiger partial charge in [-0.2, -0.15) is 18.2 Å². The lowest BCUT2D eigenvalue weighted by molar-refractivity contribution is -0.137. The van der Waals surface area contributed by atoms with Gasteiger partial charge >= 0.3 is 6.18 Å². The molecular weight excluding hydrogens is 245 g/mol. The van der Waals surface area contributed by atoms with Crippen LogP contribution in [0.5, 0.6) is 0 Å². The molecule has 1 aromatic heterocycles. The van der Waals surface area contributed by atoms with Gasteiger partial charge in [-0.15, -0.1) is 0 Å². The second-order valence-corrected chi connectivity index (χ2v) is 4.02. The maximum Gasteiger partial charge on any atom is 0.416 e. The Bertz CT molecular complexity index is 548. The summed E-state index contributed by atoms with van der Waals surface area (Å²) in [6.07, 6.45) is -4.35. The third-order valence-electron chi connectivity index (χ3n) is 2.63. The number of hydrogen-bond donors (Lipinski definition) is 0. The minimum Gasteiger partial charge on any atom is -0.339 e. The van der Waals surface area contributed by atoms with Crippen molar-refractivity contribution >= 4 is 0 Å². The summed E-state index contributed by atoms with van der Waals surface area (Å²) in [6, 6.07) is 5.12. The average Bonchev–Trinajstić information content (AvgIpc) is 2.74. The summed E-state index contributed by atoms with van der Waals surface area (Å²) in [6.45, 7) is 3.38. The molecule has 0 aliphatic heterocycles. The van der Waals surface area contributed by atoms with Crippen molar-refractivity contribution in [3.05, 3.63) is 47.1 Å². The molecule has 6 heteroatoms. The Morgan fingerprint density at radius 2 is 2.00 bits per heavy atom. The van der Waals surface area contributed by atoms with Crippen LogP contribution in [-0.2, 0) is 6.18 Å². The molecule has 0 aliphatic carbocycles. The van der Waals surface area contributed by atoms with Gasteiger partial charge in [0.15, 0.2) is 5.82 Å². The van der Waals surface area contributed by atoms with Crippen molar-refractivity contribution in [3.63, 3.8) is 0 Å². The third-order valence-corrected chi connectivity index (χ3v) is 2.63. The van der Waals surface area contributed by atoms with Gasteiger partial charge in [-0.1, -0.05) is 23.4 Å². The largest absolute Gasteiger partial charge is 0.416 e. The summed E-state index contributed by atoms with van der Waals surface area (Å²) in [5.74, 6) is 0.407. The van der Waals surface area contributed by atoms with Crippen molar-refractivity contribution in [1.82, 2.24) is 10.1 Å². The summed E-state index contributed by atoms with van der Waals surface area (Å²) in [5, 5.41) is 3.63. The van der Waals surface area contributed by atoms with Crippen LogP contribution in [0.4, 0.5) is 13.2 Å². The highest BCUT2D eigenvalue weighted by Crippen LogP contribution is 2.32. The molecule has 0 saturated carbocycles. The average molecular weight is 256 g/mol. The first kappa shape index (κ1) is 12.6. The Labute approximate surface area is 102 Å². The maximum atomic E-state index is 12.6. The van der Waals surface area contributed by atoms with Gasteiger partial charge in [-0.05, 0) is 25.5 Å². The van der Waals surface area contributed by atoms with E-state index in [1.165, 1.54) is 6.07 Å². The van der Waals surface area contributed by atoms with Gasteiger partial charge in [-0.3, -0.25) is 0 Å². The van der Waals surface area contributed by atoms with E-state index in [0.29, 0.717) is 17.3 Å². The van der Waals surface area contributed by atoms with Gasteiger partial charge in [0, 0.05) is 0 Å². The van der Waals surface area contributed by atoms with E-state index >= 15 is 0 Å². The van der Waals surface area contributed by atoms with E-state index in [9.17, 15) is 13.2 Å². The lowest BCUT2D eigenvalue weighted by atomic mass is 9.99. The number of aromatic nitrogens is 2. The minimum absolute atomic E-state index is 0.312. The lowest BCUT2D eigenvalue weighted by Crippen LogP contribution is -2.06. The van der Waals surface area contributed by atoms with Gasteiger partial charge in [0.05, 0.1) is 11.5 Å². The fourth-order valence-electron chi connectivity index (χ4n) is 1.62. The zero-order valence-corrected chi connectivity index (χ0v) is 9.82. The fraction of sp³-hybridized carbons (Fsp3) is 0.333. The quantitative estimate of drug-likeness (QED) is 0.824. The number of hydrogen-bond acceptors (Lipinski definition) is 3. The number of nitrogens with zero attached hydrogens (tertiary/aromatic N) is 2. The zero-order chi connectivity index (χ0) is 13.3. The van der Waals surface area contributed by atoms with E-state index in [0.717, 1.165) is 12.1 Å². The molecule has 0 saturated heterocycles. The monoisotopic (exact) mass is 256 g/mol. The van der Waals surface area contributed by atoms with Gasteiger partial charge in [-0.25, -0.2) is 0 Å². The van der Waals surface area contributed by atoms with Crippen molar-refractivity contribution in [3.8, 4) is 0 Å². The Kier molecular flexibility index (Phi) is 3.11. The molecule has 0 fully saturated rings. The number of alkyl halides is 3. The third kappa shape index (κ3) is 2.52. The van der Waals surface area contributed by atoms with E-state index in [2.05, 4.69) is 10.1 Å². The highest BCUT2D eigenvalue weighted by Gasteiger charge is 2.31. The van der Waals surface area contributed by atoms with Gasteiger partial charge < -0.3 is 4.52 Å². The number of halogens is 3. The molecule has 0 aliphatic rings. The van der Waals surface area contributed by atoms with Crippen molar-refractivity contribution in [2.75, 3.05) is 0 Å². The molecule has 1 aromatic carbocycles. The highest BCUT2D eigenvalue weighted by atomic mass is 19.4. The van der Waals surface area contributed by atoms with Gasteiger partial charge in [0.1, 0.15) is 0 Å². The Hall–Kier alpha value is -1.85. The predicted molar refractivity (Wildman–Crippen MR) is 58.0 cm³/mol. The van der Waals surface area contributed by atoms with Crippen LogP contribution in [0, 0.1) is 6.92 Å². The Morgan fingerprint density at radius 3 is 2.56 bits per heavy atom. The van der Waals surface area contributed by atoms with Crippen LogP contribution in [0.2, 0.25) is 0 Å². The number of aryl methyl sites for hydroxylation is 1. The van der Waals surface area contributed by atoms with Gasteiger partial charge in [0.2, 0.25) is 5.89 Å². The first-order chi connectivity index (χ1) is 8.38. The summed E-state index contributed by atoms with van der Waals surface area (Å²) in [4.78, 5) is 4.02. The minimum atomic E-state index is -4.35. The lowest BCUT2D eigenvalue weighted by Gasteiger charge is -2.11. The first-order valence-electron chi connectivity index (χ1n) is 5.35. The van der Waals surface area contributed by atoms with Crippen molar-refractivity contribution in [2.45, 2.75) is 25.9 Å². The molecule has 1 unspecified atom stereocenters. The van der Waals surface area contributed by atoms with Crippen molar-refractivity contribution in [2.24, 2.45) is 0 Å². The van der Waals surface area contributed by atoms with Crippen molar-refractivity contribution < 1.29 is 17.7 Å². The van der Waals surface area contributed by atoms with Crippen LogP contribution in [0.3, 0.4) is 0 Å². The summed E-state index contributed by atoms with van der Waals surface area (Å²) in [7, 11) is 0. The standard InChI is InChI=1S/C12H11F3N2O/c1-7(11-16-8(2)17-18-11)9-4-3-5-10(6-9)12(13,14)15/h3-7H,1-2H3. The van der Waals surface area contributed by atoms with E-state index in [1.54, 1.807) is 19.9 Å². The molecule has 96 valence electrons.